The topological polar surface area (TPSA) is 80.0 Å². The second-order valence-corrected chi connectivity index (χ2v) is 4.83. The summed E-state index contributed by atoms with van der Waals surface area (Å²) in [5.74, 6) is 0.347. The second kappa shape index (κ2) is 7.10. The zero-order valence-corrected chi connectivity index (χ0v) is 11.3. The highest BCUT2D eigenvalue weighted by Crippen LogP contribution is 2.00. The Balaban J connectivity index is 2.42. The summed E-state index contributed by atoms with van der Waals surface area (Å²) in [6.07, 6.45) is 3.09. The Kier molecular flexibility index (Phi) is 5.77. The van der Waals surface area contributed by atoms with Crippen molar-refractivity contribution >= 4 is 5.91 Å². The van der Waals surface area contributed by atoms with Crippen molar-refractivity contribution in [2.24, 2.45) is 5.92 Å². The monoisotopic (exact) mass is 254 g/mol. The molecule has 0 saturated carbocycles. The zero-order valence-electron chi connectivity index (χ0n) is 11.3. The zero-order chi connectivity index (χ0) is 13.5. The average molecular weight is 254 g/mol. The predicted octanol–water partition coefficient (Wildman–Crippen LogP) is 0.364. The minimum absolute atomic E-state index is 0.0604. The molecule has 102 valence electrons. The van der Waals surface area contributed by atoms with E-state index in [0.717, 1.165) is 5.69 Å². The summed E-state index contributed by atoms with van der Waals surface area (Å²) in [6.45, 7) is 6.43. The Bertz CT molecular complexity index is 376. The first-order chi connectivity index (χ1) is 8.52. The van der Waals surface area contributed by atoms with E-state index < -0.39 is 0 Å². The Morgan fingerprint density at radius 1 is 1.50 bits per heavy atom. The molecule has 1 aromatic rings. The van der Waals surface area contributed by atoms with E-state index in [9.17, 15) is 4.79 Å². The Morgan fingerprint density at radius 3 is 2.83 bits per heavy atom. The molecule has 1 rings (SSSR count). The van der Waals surface area contributed by atoms with Crippen LogP contribution >= 0.6 is 0 Å². The smallest absolute Gasteiger partial charge is 0.242 e. The minimum atomic E-state index is -0.0604. The van der Waals surface area contributed by atoms with Crippen molar-refractivity contribution in [3.05, 3.63) is 11.9 Å². The molecule has 0 spiro atoms. The van der Waals surface area contributed by atoms with Crippen molar-refractivity contribution < 1.29 is 9.90 Å². The lowest BCUT2D eigenvalue weighted by Crippen LogP contribution is -2.38. The van der Waals surface area contributed by atoms with Crippen LogP contribution in [-0.2, 0) is 17.8 Å². The number of rotatable bonds is 7. The molecule has 0 fully saturated rings. The number of aryl methyl sites for hydroxylation is 1. The van der Waals surface area contributed by atoms with Crippen molar-refractivity contribution in [2.75, 3.05) is 6.61 Å². The molecule has 1 unspecified atom stereocenters. The number of nitrogens with one attached hydrogen (secondary N) is 1. The molecule has 0 aliphatic rings. The fourth-order valence-electron chi connectivity index (χ4n) is 1.40. The van der Waals surface area contributed by atoms with Gasteiger partial charge in [-0.3, -0.25) is 4.79 Å². The molecule has 0 radical (unpaired) electrons. The number of aliphatic hydroxyl groups is 1. The van der Waals surface area contributed by atoms with Gasteiger partial charge in [0.2, 0.25) is 5.91 Å². The molecule has 1 amide bonds. The van der Waals surface area contributed by atoms with Crippen LogP contribution in [0.1, 0.15) is 32.9 Å². The van der Waals surface area contributed by atoms with Gasteiger partial charge in [-0.05, 0) is 25.7 Å². The number of nitrogens with zero attached hydrogens (tertiary/aromatic N) is 3. The Hall–Kier alpha value is -1.43. The molecule has 1 atom stereocenters. The SMILES string of the molecule is CC(C)C(C)NC(=O)Cn1cc(CCCO)nn1. The molecule has 0 aromatic carbocycles. The van der Waals surface area contributed by atoms with Crippen molar-refractivity contribution in [1.29, 1.82) is 0 Å². The normalized spacial score (nSPS) is 12.7. The van der Waals surface area contributed by atoms with E-state index in [-0.39, 0.29) is 25.1 Å². The summed E-state index contributed by atoms with van der Waals surface area (Å²) in [5.41, 5.74) is 0.800. The third-order valence-corrected chi connectivity index (χ3v) is 2.87. The summed E-state index contributed by atoms with van der Waals surface area (Å²) in [5, 5.41) is 19.5. The van der Waals surface area contributed by atoms with Gasteiger partial charge in [-0.15, -0.1) is 5.10 Å². The van der Waals surface area contributed by atoms with E-state index in [0.29, 0.717) is 18.8 Å². The second-order valence-electron chi connectivity index (χ2n) is 4.83. The Labute approximate surface area is 107 Å². The number of amides is 1. The molecule has 2 N–H and O–H groups in total. The van der Waals surface area contributed by atoms with Gasteiger partial charge in [0.1, 0.15) is 6.54 Å². The summed E-state index contributed by atoms with van der Waals surface area (Å²) in [4.78, 5) is 11.7. The van der Waals surface area contributed by atoms with Crippen molar-refractivity contribution in [2.45, 2.75) is 46.2 Å². The minimum Gasteiger partial charge on any atom is -0.396 e. The lowest BCUT2D eigenvalue weighted by Gasteiger charge is -2.17. The van der Waals surface area contributed by atoms with Gasteiger partial charge < -0.3 is 10.4 Å². The van der Waals surface area contributed by atoms with E-state index in [4.69, 9.17) is 5.11 Å². The number of carbonyl (C=O) groups is 1. The highest BCUT2D eigenvalue weighted by atomic mass is 16.2. The molecule has 0 aliphatic carbocycles. The van der Waals surface area contributed by atoms with Gasteiger partial charge in [0.15, 0.2) is 0 Å². The third-order valence-electron chi connectivity index (χ3n) is 2.87. The van der Waals surface area contributed by atoms with Gasteiger partial charge in [-0.1, -0.05) is 19.1 Å². The first-order valence-electron chi connectivity index (χ1n) is 6.32. The standard InChI is InChI=1S/C12H22N4O2/c1-9(2)10(3)13-12(18)8-16-7-11(14-15-16)5-4-6-17/h7,9-10,17H,4-6,8H2,1-3H3,(H,13,18). The maximum absolute atomic E-state index is 11.7. The number of aromatic nitrogens is 3. The fourth-order valence-corrected chi connectivity index (χ4v) is 1.40. The number of hydrogen-bond donors (Lipinski definition) is 2. The number of carbonyl (C=O) groups excluding carboxylic acids is 1. The van der Waals surface area contributed by atoms with Gasteiger partial charge in [-0.2, -0.15) is 0 Å². The van der Waals surface area contributed by atoms with Gasteiger partial charge >= 0.3 is 0 Å². The lowest BCUT2D eigenvalue weighted by molar-refractivity contribution is -0.122. The number of hydrogen-bond acceptors (Lipinski definition) is 4. The molecule has 1 heterocycles. The lowest BCUT2D eigenvalue weighted by atomic mass is 10.1. The van der Waals surface area contributed by atoms with Crippen LogP contribution in [-0.4, -0.2) is 38.7 Å². The highest BCUT2D eigenvalue weighted by molar-refractivity contribution is 5.75. The molecule has 18 heavy (non-hydrogen) atoms. The van der Waals surface area contributed by atoms with Crippen molar-refractivity contribution in [3.8, 4) is 0 Å². The highest BCUT2D eigenvalue weighted by Gasteiger charge is 2.11. The van der Waals surface area contributed by atoms with Crippen molar-refractivity contribution in [3.63, 3.8) is 0 Å². The van der Waals surface area contributed by atoms with Crippen LogP contribution in [0.4, 0.5) is 0 Å². The van der Waals surface area contributed by atoms with Crippen LogP contribution in [0.15, 0.2) is 6.20 Å². The molecule has 6 heteroatoms. The maximum atomic E-state index is 11.7. The molecular weight excluding hydrogens is 232 g/mol. The van der Waals surface area contributed by atoms with Crippen LogP contribution in [0.3, 0.4) is 0 Å². The summed E-state index contributed by atoms with van der Waals surface area (Å²) >= 11 is 0. The summed E-state index contributed by atoms with van der Waals surface area (Å²) in [7, 11) is 0. The summed E-state index contributed by atoms with van der Waals surface area (Å²) < 4.78 is 1.52. The number of aliphatic hydroxyl groups excluding tert-OH is 1. The molecule has 0 saturated heterocycles. The van der Waals surface area contributed by atoms with Gasteiger partial charge in [0.25, 0.3) is 0 Å². The van der Waals surface area contributed by atoms with Crippen LogP contribution in [0.25, 0.3) is 0 Å². The van der Waals surface area contributed by atoms with Crippen molar-refractivity contribution in [1.82, 2.24) is 20.3 Å². The summed E-state index contributed by atoms with van der Waals surface area (Å²) in [6, 6.07) is 0.148. The van der Waals surface area contributed by atoms with E-state index in [2.05, 4.69) is 29.5 Å². The predicted molar refractivity (Wildman–Crippen MR) is 67.9 cm³/mol. The first kappa shape index (κ1) is 14.6. The molecule has 0 bridgehead atoms. The van der Waals surface area contributed by atoms with E-state index in [1.807, 2.05) is 6.92 Å². The van der Waals surface area contributed by atoms with E-state index >= 15 is 0 Å². The van der Waals surface area contributed by atoms with Crippen LogP contribution < -0.4 is 5.32 Å². The maximum Gasteiger partial charge on any atom is 0.242 e. The third kappa shape index (κ3) is 4.83. The molecular formula is C12H22N4O2. The van der Waals surface area contributed by atoms with E-state index in [1.165, 1.54) is 4.68 Å². The first-order valence-corrected chi connectivity index (χ1v) is 6.32. The molecule has 1 aromatic heterocycles. The quantitative estimate of drug-likeness (QED) is 0.736. The van der Waals surface area contributed by atoms with Gasteiger partial charge in [0.05, 0.1) is 5.69 Å². The Morgan fingerprint density at radius 2 is 2.22 bits per heavy atom. The van der Waals surface area contributed by atoms with Crippen LogP contribution in [0.2, 0.25) is 0 Å². The van der Waals surface area contributed by atoms with Crippen LogP contribution in [0, 0.1) is 5.92 Å². The average Bonchev–Trinajstić information content (AvgIpc) is 2.73. The van der Waals surface area contributed by atoms with Gasteiger partial charge in [0, 0.05) is 18.8 Å². The largest absolute Gasteiger partial charge is 0.396 e. The van der Waals surface area contributed by atoms with E-state index in [1.54, 1.807) is 6.20 Å². The fraction of sp³-hybridized carbons (Fsp3) is 0.750. The molecule has 0 aliphatic heterocycles. The molecule has 6 nitrogen and oxygen atoms in total. The van der Waals surface area contributed by atoms with Gasteiger partial charge in [-0.25, -0.2) is 4.68 Å². The van der Waals surface area contributed by atoms with Crippen LogP contribution in [0.5, 0.6) is 0 Å².